The summed E-state index contributed by atoms with van der Waals surface area (Å²) in [7, 11) is 0. The van der Waals surface area contributed by atoms with E-state index >= 15 is 0 Å². The number of carbonyl (C=O) groups is 1. The highest BCUT2D eigenvalue weighted by molar-refractivity contribution is 5.75. The molecule has 96 valence electrons. The van der Waals surface area contributed by atoms with Gasteiger partial charge in [0.25, 0.3) is 0 Å². The highest BCUT2D eigenvalue weighted by Crippen LogP contribution is 2.06. The summed E-state index contributed by atoms with van der Waals surface area (Å²) in [6, 6.07) is 0.206. The van der Waals surface area contributed by atoms with Gasteiger partial charge in [0.05, 0.1) is 11.9 Å². The molecular formula is C12H22N4O. The largest absolute Gasteiger partial charge is 0.396 e. The molecule has 0 aliphatic heterocycles. The van der Waals surface area contributed by atoms with Crippen LogP contribution in [0.3, 0.4) is 0 Å². The molecule has 5 heteroatoms. The predicted molar refractivity (Wildman–Crippen MR) is 68.3 cm³/mol. The van der Waals surface area contributed by atoms with Gasteiger partial charge in [-0.3, -0.25) is 9.48 Å². The average molecular weight is 238 g/mol. The fraction of sp³-hybridized carbons (Fsp3) is 0.667. The number of nitrogens with one attached hydrogen (secondary N) is 1. The second kappa shape index (κ2) is 6.27. The number of anilines is 1. The molecule has 17 heavy (non-hydrogen) atoms. The van der Waals surface area contributed by atoms with E-state index in [4.69, 9.17) is 5.73 Å². The number of hydrogen-bond donors (Lipinski definition) is 2. The molecule has 1 aromatic rings. The van der Waals surface area contributed by atoms with Crippen molar-refractivity contribution in [2.75, 3.05) is 5.73 Å². The van der Waals surface area contributed by atoms with Crippen LogP contribution in [0.25, 0.3) is 0 Å². The van der Waals surface area contributed by atoms with Crippen molar-refractivity contribution < 1.29 is 4.79 Å². The molecule has 1 unspecified atom stereocenters. The normalized spacial score (nSPS) is 12.7. The molecule has 1 aromatic heterocycles. The smallest absolute Gasteiger partial charge is 0.241 e. The zero-order chi connectivity index (χ0) is 12.8. The molecule has 3 N–H and O–H groups in total. The highest BCUT2D eigenvalue weighted by atomic mass is 16.2. The number of rotatable bonds is 6. The Morgan fingerprint density at radius 1 is 1.47 bits per heavy atom. The Bertz CT molecular complexity index is 359. The van der Waals surface area contributed by atoms with Crippen molar-refractivity contribution >= 4 is 11.6 Å². The standard InChI is InChI=1S/C12H22N4O/c1-9(2)4-5-10(3)15-12(17)8-16-7-11(13)6-14-16/h6-7,9-10H,4-5,8,13H2,1-3H3,(H,15,17). The van der Waals surface area contributed by atoms with Crippen molar-refractivity contribution in [3.8, 4) is 0 Å². The van der Waals surface area contributed by atoms with E-state index in [1.165, 1.54) is 6.20 Å². The number of aromatic nitrogens is 2. The molecule has 5 nitrogen and oxygen atoms in total. The molecule has 1 amide bonds. The SMILES string of the molecule is CC(C)CCC(C)NC(=O)Cn1cc(N)cn1. The maximum atomic E-state index is 11.7. The fourth-order valence-electron chi connectivity index (χ4n) is 1.59. The molecule has 1 rings (SSSR count). The zero-order valence-electron chi connectivity index (χ0n) is 10.8. The first kappa shape index (κ1) is 13.5. The summed E-state index contributed by atoms with van der Waals surface area (Å²) < 4.78 is 1.54. The van der Waals surface area contributed by atoms with Crippen LogP contribution in [-0.2, 0) is 11.3 Å². The molecule has 0 bridgehead atoms. The Morgan fingerprint density at radius 2 is 2.18 bits per heavy atom. The third-order valence-corrected chi connectivity index (χ3v) is 2.54. The van der Waals surface area contributed by atoms with Crippen molar-refractivity contribution in [2.45, 2.75) is 46.2 Å². The number of nitrogens with two attached hydrogens (primary N) is 1. The Morgan fingerprint density at radius 3 is 2.71 bits per heavy atom. The number of carbonyl (C=O) groups excluding carboxylic acids is 1. The van der Waals surface area contributed by atoms with Crippen molar-refractivity contribution in [2.24, 2.45) is 5.92 Å². The fourth-order valence-corrected chi connectivity index (χ4v) is 1.59. The third-order valence-electron chi connectivity index (χ3n) is 2.54. The van der Waals surface area contributed by atoms with Gasteiger partial charge < -0.3 is 11.1 Å². The first-order valence-electron chi connectivity index (χ1n) is 6.04. The molecular weight excluding hydrogens is 216 g/mol. The molecule has 0 spiro atoms. The van der Waals surface area contributed by atoms with Crippen LogP contribution in [-0.4, -0.2) is 21.7 Å². The van der Waals surface area contributed by atoms with Gasteiger partial charge in [-0.1, -0.05) is 13.8 Å². The van der Waals surface area contributed by atoms with Crippen LogP contribution in [0.2, 0.25) is 0 Å². The van der Waals surface area contributed by atoms with Crippen LogP contribution in [0.5, 0.6) is 0 Å². The lowest BCUT2D eigenvalue weighted by Crippen LogP contribution is -2.35. The van der Waals surface area contributed by atoms with Crippen molar-refractivity contribution in [3.05, 3.63) is 12.4 Å². The zero-order valence-corrected chi connectivity index (χ0v) is 10.8. The summed E-state index contributed by atoms with van der Waals surface area (Å²) in [6.07, 6.45) is 5.31. The lowest BCUT2D eigenvalue weighted by Gasteiger charge is -2.14. The van der Waals surface area contributed by atoms with Gasteiger partial charge in [0.15, 0.2) is 0 Å². The molecule has 0 aliphatic carbocycles. The van der Waals surface area contributed by atoms with E-state index in [1.54, 1.807) is 10.9 Å². The minimum absolute atomic E-state index is 0.0237. The number of nitrogens with zero attached hydrogens (tertiary/aromatic N) is 2. The summed E-state index contributed by atoms with van der Waals surface area (Å²) in [4.78, 5) is 11.7. The van der Waals surface area contributed by atoms with Crippen LogP contribution >= 0.6 is 0 Å². The number of nitrogen functional groups attached to an aromatic ring is 1. The van der Waals surface area contributed by atoms with E-state index in [1.807, 2.05) is 6.92 Å². The Hall–Kier alpha value is -1.52. The van der Waals surface area contributed by atoms with Gasteiger partial charge in [-0.15, -0.1) is 0 Å². The van der Waals surface area contributed by atoms with Crippen molar-refractivity contribution in [1.29, 1.82) is 0 Å². The van der Waals surface area contributed by atoms with Gasteiger partial charge in [0, 0.05) is 12.2 Å². The predicted octanol–water partition coefficient (Wildman–Crippen LogP) is 1.41. The Kier molecular flexibility index (Phi) is 5.00. The first-order chi connectivity index (χ1) is 7.97. The van der Waals surface area contributed by atoms with Crippen LogP contribution in [0.4, 0.5) is 5.69 Å². The van der Waals surface area contributed by atoms with Gasteiger partial charge in [-0.2, -0.15) is 5.10 Å². The van der Waals surface area contributed by atoms with Crippen LogP contribution < -0.4 is 11.1 Å². The number of amides is 1. The topological polar surface area (TPSA) is 72.9 Å². The quantitative estimate of drug-likeness (QED) is 0.787. The van der Waals surface area contributed by atoms with Gasteiger partial charge in [-0.05, 0) is 25.7 Å². The van der Waals surface area contributed by atoms with E-state index in [0.717, 1.165) is 12.8 Å². The van der Waals surface area contributed by atoms with Crippen molar-refractivity contribution in [3.63, 3.8) is 0 Å². The number of hydrogen-bond acceptors (Lipinski definition) is 3. The lowest BCUT2D eigenvalue weighted by atomic mass is 10.0. The van der Waals surface area contributed by atoms with E-state index in [2.05, 4.69) is 24.3 Å². The van der Waals surface area contributed by atoms with Gasteiger partial charge in [0.1, 0.15) is 6.54 Å². The minimum Gasteiger partial charge on any atom is -0.396 e. The molecule has 0 saturated carbocycles. The maximum absolute atomic E-state index is 11.7. The second-order valence-electron chi connectivity index (χ2n) is 4.91. The summed E-state index contributed by atoms with van der Waals surface area (Å²) in [5.41, 5.74) is 6.10. The van der Waals surface area contributed by atoms with E-state index in [-0.39, 0.29) is 18.5 Å². The summed E-state index contributed by atoms with van der Waals surface area (Å²) in [5.74, 6) is 0.643. The maximum Gasteiger partial charge on any atom is 0.241 e. The van der Waals surface area contributed by atoms with Gasteiger partial charge >= 0.3 is 0 Å². The second-order valence-corrected chi connectivity index (χ2v) is 4.91. The van der Waals surface area contributed by atoms with Crippen LogP contribution in [0, 0.1) is 5.92 Å². The van der Waals surface area contributed by atoms with Crippen LogP contribution in [0.15, 0.2) is 12.4 Å². The molecule has 1 atom stereocenters. The highest BCUT2D eigenvalue weighted by Gasteiger charge is 2.09. The molecule has 0 aromatic carbocycles. The third kappa shape index (κ3) is 5.38. The molecule has 1 heterocycles. The molecule has 0 aliphatic rings. The van der Waals surface area contributed by atoms with E-state index in [0.29, 0.717) is 11.6 Å². The van der Waals surface area contributed by atoms with Crippen molar-refractivity contribution in [1.82, 2.24) is 15.1 Å². The first-order valence-corrected chi connectivity index (χ1v) is 6.04. The summed E-state index contributed by atoms with van der Waals surface area (Å²) in [5, 5.41) is 6.92. The average Bonchev–Trinajstić information content (AvgIpc) is 2.60. The summed E-state index contributed by atoms with van der Waals surface area (Å²) in [6.45, 7) is 6.61. The van der Waals surface area contributed by atoms with Crippen LogP contribution in [0.1, 0.15) is 33.6 Å². The minimum atomic E-state index is -0.0237. The van der Waals surface area contributed by atoms with Gasteiger partial charge in [-0.25, -0.2) is 0 Å². The Labute approximate surface area is 102 Å². The monoisotopic (exact) mass is 238 g/mol. The molecule has 0 saturated heterocycles. The van der Waals surface area contributed by atoms with Gasteiger partial charge in [0.2, 0.25) is 5.91 Å². The molecule has 0 radical (unpaired) electrons. The molecule has 0 fully saturated rings. The van der Waals surface area contributed by atoms with E-state index in [9.17, 15) is 4.79 Å². The van der Waals surface area contributed by atoms with E-state index < -0.39 is 0 Å². The Balaban J connectivity index is 2.29. The lowest BCUT2D eigenvalue weighted by molar-refractivity contribution is -0.122. The summed E-state index contributed by atoms with van der Waals surface area (Å²) >= 11 is 0.